The predicted octanol–water partition coefficient (Wildman–Crippen LogP) is 3.27. The number of para-hydroxylation sites is 2. The Labute approximate surface area is 122 Å². The Balaban J connectivity index is 2.02. The van der Waals surface area contributed by atoms with Crippen molar-refractivity contribution >= 4 is 11.4 Å². The van der Waals surface area contributed by atoms with Crippen LogP contribution >= 0.6 is 0 Å². The molecule has 20 heavy (non-hydrogen) atoms. The summed E-state index contributed by atoms with van der Waals surface area (Å²) in [5.41, 5.74) is 3.82. The van der Waals surface area contributed by atoms with Gasteiger partial charge in [-0.25, -0.2) is 0 Å². The number of hydrogen-bond acceptors (Lipinski definition) is 3. The fourth-order valence-corrected chi connectivity index (χ4v) is 2.62. The average Bonchev–Trinajstić information content (AvgIpc) is 2.47. The number of aliphatic hydroxyl groups is 1. The van der Waals surface area contributed by atoms with Gasteiger partial charge in [-0.2, -0.15) is 0 Å². The summed E-state index contributed by atoms with van der Waals surface area (Å²) in [7, 11) is 0. The van der Waals surface area contributed by atoms with Gasteiger partial charge in [-0.3, -0.25) is 0 Å². The van der Waals surface area contributed by atoms with Gasteiger partial charge in [0.15, 0.2) is 0 Å². The quantitative estimate of drug-likeness (QED) is 0.809. The summed E-state index contributed by atoms with van der Waals surface area (Å²) in [6.07, 6.45) is 4.37. The second-order valence-electron chi connectivity index (χ2n) is 5.79. The first kappa shape index (κ1) is 14.9. The maximum Gasteiger partial charge on any atom is 0.0602 e. The second-order valence-corrected chi connectivity index (χ2v) is 5.79. The lowest BCUT2D eigenvalue weighted by Gasteiger charge is -2.34. The Kier molecular flexibility index (Phi) is 5.48. The normalized spacial score (nSPS) is 16.1. The number of nitrogens with one attached hydrogen (secondary N) is 1. The third-order valence-electron chi connectivity index (χ3n) is 3.92. The molecule has 2 rings (SSSR count). The first-order chi connectivity index (χ1) is 9.70. The van der Waals surface area contributed by atoms with Gasteiger partial charge in [0.2, 0.25) is 0 Å². The van der Waals surface area contributed by atoms with Gasteiger partial charge in [-0.1, -0.05) is 23.8 Å². The topological polar surface area (TPSA) is 35.5 Å². The van der Waals surface area contributed by atoms with E-state index in [0.29, 0.717) is 12.5 Å². The lowest BCUT2D eigenvalue weighted by Crippen LogP contribution is -2.35. The van der Waals surface area contributed by atoms with Crippen molar-refractivity contribution in [2.75, 3.05) is 36.5 Å². The van der Waals surface area contributed by atoms with Crippen molar-refractivity contribution in [3.63, 3.8) is 0 Å². The van der Waals surface area contributed by atoms with E-state index in [0.717, 1.165) is 32.5 Å². The van der Waals surface area contributed by atoms with Crippen molar-refractivity contribution in [2.45, 2.75) is 26.7 Å². The number of rotatable bonds is 5. The van der Waals surface area contributed by atoms with Gasteiger partial charge >= 0.3 is 0 Å². The maximum atomic E-state index is 9.23. The summed E-state index contributed by atoms with van der Waals surface area (Å²) in [4.78, 5) is 2.43. The van der Waals surface area contributed by atoms with Crippen LogP contribution in [0.25, 0.3) is 0 Å². The van der Waals surface area contributed by atoms with Gasteiger partial charge in [-0.15, -0.1) is 0 Å². The zero-order valence-electron chi connectivity index (χ0n) is 12.6. The molecular weight excluding hydrogens is 248 g/mol. The van der Waals surface area contributed by atoms with E-state index >= 15 is 0 Å². The van der Waals surface area contributed by atoms with Crippen LogP contribution in [0.2, 0.25) is 0 Å². The van der Waals surface area contributed by atoms with E-state index in [4.69, 9.17) is 0 Å². The van der Waals surface area contributed by atoms with E-state index in [1.807, 2.05) is 0 Å². The molecule has 1 heterocycles. The Bertz CT molecular complexity index is 444. The number of benzene rings is 1. The summed E-state index contributed by atoms with van der Waals surface area (Å²) >= 11 is 0. The van der Waals surface area contributed by atoms with Gasteiger partial charge in [0, 0.05) is 26.2 Å². The van der Waals surface area contributed by atoms with Crippen LogP contribution in [0.4, 0.5) is 11.4 Å². The van der Waals surface area contributed by atoms with E-state index < -0.39 is 0 Å². The average molecular weight is 274 g/mol. The summed E-state index contributed by atoms with van der Waals surface area (Å²) < 4.78 is 0. The molecular formula is C17H26N2O. The molecule has 1 aliphatic rings. The standard InChI is InChI=1S/C17H26N2O/c1-14(2)7-10-18-16-5-3-4-6-17(16)19-11-8-15(13-20)9-12-19/h3-7,15,18,20H,8-13H2,1-2H3. The minimum Gasteiger partial charge on any atom is -0.396 e. The summed E-state index contributed by atoms with van der Waals surface area (Å²) in [6.45, 7) is 7.50. The molecule has 0 amide bonds. The van der Waals surface area contributed by atoms with Crippen LogP contribution in [0.5, 0.6) is 0 Å². The smallest absolute Gasteiger partial charge is 0.0602 e. The van der Waals surface area contributed by atoms with Crippen molar-refractivity contribution in [2.24, 2.45) is 5.92 Å². The molecule has 1 aromatic carbocycles. The molecule has 0 unspecified atom stereocenters. The zero-order valence-corrected chi connectivity index (χ0v) is 12.6. The first-order valence-electron chi connectivity index (χ1n) is 7.52. The third kappa shape index (κ3) is 4.01. The number of allylic oxidation sites excluding steroid dienone is 1. The van der Waals surface area contributed by atoms with Crippen LogP contribution in [0.1, 0.15) is 26.7 Å². The number of nitrogens with zero attached hydrogens (tertiary/aromatic N) is 1. The molecule has 0 radical (unpaired) electrons. The Morgan fingerprint density at radius 3 is 2.65 bits per heavy atom. The molecule has 1 saturated heterocycles. The SMILES string of the molecule is CC(C)=CCNc1ccccc1N1CCC(CO)CC1. The highest BCUT2D eigenvalue weighted by molar-refractivity contribution is 5.70. The van der Waals surface area contributed by atoms with Crippen LogP contribution in [-0.2, 0) is 0 Å². The third-order valence-corrected chi connectivity index (χ3v) is 3.92. The largest absolute Gasteiger partial charge is 0.396 e. The minimum absolute atomic E-state index is 0.328. The minimum atomic E-state index is 0.328. The Morgan fingerprint density at radius 2 is 2.00 bits per heavy atom. The molecule has 1 aromatic rings. The van der Waals surface area contributed by atoms with Crippen molar-refractivity contribution in [3.8, 4) is 0 Å². The molecule has 1 fully saturated rings. The molecule has 3 heteroatoms. The van der Waals surface area contributed by atoms with Gasteiger partial charge in [-0.05, 0) is 44.7 Å². The van der Waals surface area contributed by atoms with Gasteiger partial charge in [0.1, 0.15) is 0 Å². The van der Waals surface area contributed by atoms with Crippen molar-refractivity contribution in [1.82, 2.24) is 0 Å². The lowest BCUT2D eigenvalue weighted by molar-refractivity contribution is 0.203. The van der Waals surface area contributed by atoms with Crippen molar-refractivity contribution in [3.05, 3.63) is 35.9 Å². The van der Waals surface area contributed by atoms with Crippen LogP contribution in [0.3, 0.4) is 0 Å². The van der Waals surface area contributed by atoms with Gasteiger partial charge in [0.05, 0.1) is 11.4 Å². The second kappa shape index (κ2) is 7.34. The van der Waals surface area contributed by atoms with Gasteiger partial charge in [0.25, 0.3) is 0 Å². The Hall–Kier alpha value is -1.48. The van der Waals surface area contributed by atoms with Crippen molar-refractivity contribution in [1.29, 1.82) is 0 Å². The lowest BCUT2D eigenvalue weighted by atomic mass is 9.97. The fourth-order valence-electron chi connectivity index (χ4n) is 2.62. The number of hydrogen-bond donors (Lipinski definition) is 2. The molecule has 110 valence electrons. The monoisotopic (exact) mass is 274 g/mol. The zero-order chi connectivity index (χ0) is 14.4. The molecule has 0 bridgehead atoms. The van der Waals surface area contributed by atoms with Gasteiger partial charge < -0.3 is 15.3 Å². The highest BCUT2D eigenvalue weighted by atomic mass is 16.3. The fraction of sp³-hybridized carbons (Fsp3) is 0.529. The van der Waals surface area contributed by atoms with Crippen LogP contribution in [0, 0.1) is 5.92 Å². The van der Waals surface area contributed by atoms with Crippen LogP contribution in [-0.4, -0.2) is 31.3 Å². The molecule has 0 spiro atoms. The van der Waals surface area contributed by atoms with E-state index in [2.05, 4.69) is 54.4 Å². The molecule has 2 N–H and O–H groups in total. The summed E-state index contributed by atoms with van der Waals surface area (Å²) in [5, 5.41) is 12.7. The highest BCUT2D eigenvalue weighted by Gasteiger charge is 2.20. The predicted molar refractivity (Wildman–Crippen MR) is 86.4 cm³/mol. The molecule has 0 atom stereocenters. The molecule has 0 saturated carbocycles. The maximum absolute atomic E-state index is 9.23. The molecule has 0 aliphatic carbocycles. The highest BCUT2D eigenvalue weighted by Crippen LogP contribution is 2.29. The number of anilines is 2. The number of piperidine rings is 1. The molecule has 3 nitrogen and oxygen atoms in total. The van der Waals surface area contributed by atoms with Crippen molar-refractivity contribution < 1.29 is 5.11 Å². The van der Waals surface area contributed by atoms with E-state index in [1.165, 1.54) is 16.9 Å². The van der Waals surface area contributed by atoms with Crippen LogP contribution < -0.4 is 10.2 Å². The molecule has 1 aliphatic heterocycles. The Morgan fingerprint density at radius 1 is 1.30 bits per heavy atom. The van der Waals surface area contributed by atoms with E-state index in [9.17, 15) is 5.11 Å². The summed E-state index contributed by atoms with van der Waals surface area (Å²) in [5.74, 6) is 0.483. The van der Waals surface area contributed by atoms with E-state index in [1.54, 1.807) is 0 Å². The van der Waals surface area contributed by atoms with Crippen LogP contribution in [0.15, 0.2) is 35.9 Å². The molecule has 0 aromatic heterocycles. The summed E-state index contributed by atoms with van der Waals surface area (Å²) in [6, 6.07) is 8.50. The van der Waals surface area contributed by atoms with E-state index in [-0.39, 0.29) is 0 Å². The first-order valence-corrected chi connectivity index (χ1v) is 7.52. The number of aliphatic hydroxyl groups excluding tert-OH is 1.